The van der Waals surface area contributed by atoms with Crippen LogP contribution in [-0.4, -0.2) is 47.2 Å². The van der Waals surface area contributed by atoms with Crippen molar-refractivity contribution in [1.82, 2.24) is 4.98 Å². The summed E-state index contributed by atoms with van der Waals surface area (Å²) in [5.41, 5.74) is 1.73. The summed E-state index contributed by atoms with van der Waals surface area (Å²) in [4.78, 5) is 45.1. The number of pyridine rings is 1. The maximum absolute atomic E-state index is 12.7. The Kier molecular flexibility index (Phi) is 8.13. The lowest BCUT2D eigenvalue weighted by molar-refractivity contribution is -0.167. The number of hydrogen-bond acceptors (Lipinski definition) is 7. The van der Waals surface area contributed by atoms with Gasteiger partial charge in [-0.3, -0.25) is 19.6 Å². The lowest BCUT2D eigenvalue weighted by Gasteiger charge is -2.44. The van der Waals surface area contributed by atoms with Crippen LogP contribution in [-0.2, 0) is 25.5 Å². The zero-order valence-electron chi connectivity index (χ0n) is 20.9. The van der Waals surface area contributed by atoms with E-state index in [-0.39, 0.29) is 36.6 Å². The third-order valence-electron chi connectivity index (χ3n) is 6.98. The number of carbonyl (C=O) groups is 3. The molecular formula is C27H29F3N4O4. The number of esters is 1. The van der Waals surface area contributed by atoms with E-state index in [1.54, 1.807) is 31.2 Å². The van der Waals surface area contributed by atoms with E-state index >= 15 is 0 Å². The number of carbonyl (C=O) groups excluding carboxylic acids is 3. The van der Waals surface area contributed by atoms with Gasteiger partial charge in [0, 0.05) is 30.4 Å². The summed E-state index contributed by atoms with van der Waals surface area (Å²) in [5, 5.41) is 4.78. The predicted molar refractivity (Wildman–Crippen MR) is 135 cm³/mol. The molecule has 1 spiro atoms. The maximum atomic E-state index is 12.7. The molecule has 1 aromatic carbocycles. The zero-order chi connectivity index (χ0) is 27.3. The Hall–Kier alpha value is -3.76. The number of hydrogen-bond donors (Lipinski definition) is 2. The van der Waals surface area contributed by atoms with Gasteiger partial charge >= 0.3 is 18.1 Å². The van der Waals surface area contributed by atoms with E-state index in [0.29, 0.717) is 5.69 Å². The first-order valence-electron chi connectivity index (χ1n) is 12.6. The second kappa shape index (κ2) is 11.3. The highest BCUT2D eigenvalue weighted by Crippen LogP contribution is 2.47. The molecule has 0 saturated heterocycles. The van der Waals surface area contributed by atoms with Crippen LogP contribution in [0.4, 0.5) is 30.2 Å². The van der Waals surface area contributed by atoms with E-state index in [1.807, 2.05) is 5.32 Å². The predicted octanol–water partition coefficient (Wildman–Crippen LogP) is 5.16. The van der Waals surface area contributed by atoms with Gasteiger partial charge in [0.25, 0.3) is 0 Å². The van der Waals surface area contributed by atoms with E-state index in [4.69, 9.17) is 9.73 Å². The SMILES string of the molecule is CCOC(=O)[C@H](Cc1ccc(Nc2ccncc2NC(=O)C(F)(F)F)cc1)N=C1CC(=O)C12CCCCC2. The van der Waals surface area contributed by atoms with Crippen molar-refractivity contribution in [2.45, 2.75) is 64.1 Å². The van der Waals surface area contributed by atoms with E-state index in [1.165, 1.54) is 12.3 Å². The zero-order valence-corrected chi connectivity index (χ0v) is 20.9. The highest BCUT2D eigenvalue weighted by atomic mass is 19.4. The van der Waals surface area contributed by atoms with Gasteiger partial charge in [-0.2, -0.15) is 13.2 Å². The fraction of sp³-hybridized carbons (Fsp3) is 0.444. The molecule has 2 aliphatic rings. The molecule has 1 atom stereocenters. The highest BCUT2D eigenvalue weighted by Gasteiger charge is 2.52. The standard InChI is InChI=1S/C27H29F3N4O4/c1-2-38-24(36)20(33-22-15-23(35)26(22)11-4-3-5-12-26)14-17-6-8-18(9-7-17)32-19-10-13-31-16-21(19)34-25(37)27(28,29)30/h6-10,13,16,20H,2-5,11-12,14-15H2,1H3,(H,31,32)(H,34,37)/t20-/m0/s1. The minimum absolute atomic E-state index is 0.121. The quantitative estimate of drug-likeness (QED) is 0.456. The Morgan fingerprint density at radius 2 is 1.82 bits per heavy atom. The van der Waals surface area contributed by atoms with E-state index < -0.39 is 29.5 Å². The van der Waals surface area contributed by atoms with Crippen LogP contribution < -0.4 is 10.6 Å². The molecule has 2 saturated carbocycles. The van der Waals surface area contributed by atoms with Crippen molar-refractivity contribution in [2.24, 2.45) is 10.4 Å². The molecule has 2 fully saturated rings. The number of aliphatic imine (C=N–C) groups is 1. The van der Waals surface area contributed by atoms with Crippen molar-refractivity contribution >= 4 is 40.4 Å². The molecule has 4 rings (SSSR count). The topological polar surface area (TPSA) is 110 Å². The van der Waals surface area contributed by atoms with Crippen LogP contribution in [0.3, 0.4) is 0 Å². The monoisotopic (exact) mass is 530 g/mol. The van der Waals surface area contributed by atoms with E-state index in [2.05, 4.69) is 10.3 Å². The van der Waals surface area contributed by atoms with Crippen LogP contribution in [0.25, 0.3) is 0 Å². The lowest BCUT2D eigenvalue weighted by atomic mass is 9.58. The van der Waals surface area contributed by atoms with Crippen LogP contribution in [0.5, 0.6) is 0 Å². The molecule has 2 N–H and O–H groups in total. The average Bonchev–Trinajstić information content (AvgIpc) is 2.90. The summed E-state index contributed by atoms with van der Waals surface area (Å²) < 4.78 is 43.2. The number of amides is 1. The number of aromatic nitrogens is 1. The lowest BCUT2D eigenvalue weighted by Crippen LogP contribution is -2.52. The molecule has 2 aliphatic carbocycles. The summed E-state index contributed by atoms with van der Waals surface area (Å²) in [6.45, 7) is 1.94. The number of anilines is 3. The Balaban J connectivity index is 1.48. The van der Waals surface area contributed by atoms with Crippen molar-refractivity contribution in [1.29, 1.82) is 0 Å². The van der Waals surface area contributed by atoms with Gasteiger partial charge in [0.05, 0.1) is 29.6 Å². The maximum Gasteiger partial charge on any atom is 0.471 e. The van der Waals surface area contributed by atoms with Gasteiger partial charge in [0.2, 0.25) is 0 Å². The molecule has 1 aromatic heterocycles. The molecule has 0 radical (unpaired) electrons. The fourth-order valence-corrected chi connectivity index (χ4v) is 4.94. The Morgan fingerprint density at radius 1 is 1.11 bits per heavy atom. The largest absolute Gasteiger partial charge is 0.471 e. The molecular weight excluding hydrogens is 501 g/mol. The van der Waals surface area contributed by atoms with Crippen molar-refractivity contribution in [2.75, 3.05) is 17.2 Å². The van der Waals surface area contributed by atoms with Gasteiger partial charge in [0.15, 0.2) is 6.04 Å². The first-order chi connectivity index (χ1) is 18.1. The number of alkyl halides is 3. The Bertz CT molecular complexity index is 1220. The average molecular weight is 531 g/mol. The number of halogens is 3. The third kappa shape index (κ3) is 6.03. The number of ketones is 1. The highest BCUT2D eigenvalue weighted by molar-refractivity contribution is 6.27. The van der Waals surface area contributed by atoms with Gasteiger partial charge in [-0.25, -0.2) is 4.79 Å². The fourth-order valence-electron chi connectivity index (χ4n) is 4.94. The van der Waals surface area contributed by atoms with Crippen LogP contribution in [0.1, 0.15) is 51.0 Å². The van der Waals surface area contributed by atoms with Gasteiger partial charge in [0.1, 0.15) is 5.78 Å². The van der Waals surface area contributed by atoms with Crippen molar-refractivity contribution in [3.8, 4) is 0 Å². The normalized spacial score (nSPS) is 18.5. The number of rotatable bonds is 8. The number of benzene rings is 1. The minimum atomic E-state index is -5.03. The summed E-state index contributed by atoms with van der Waals surface area (Å²) in [6.07, 6.45) is 2.62. The van der Waals surface area contributed by atoms with Crippen molar-refractivity contribution in [3.63, 3.8) is 0 Å². The first-order valence-corrected chi connectivity index (χ1v) is 12.6. The number of ether oxygens (including phenoxy) is 1. The molecule has 202 valence electrons. The van der Waals surface area contributed by atoms with E-state index in [9.17, 15) is 27.6 Å². The van der Waals surface area contributed by atoms with Gasteiger partial charge in [-0.1, -0.05) is 31.4 Å². The third-order valence-corrected chi connectivity index (χ3v) is 6.98. The van der Waals surface area contributed by atoms with Crippen LogP contribution in [0.15, 0.2) is 47.7 Å². The van der Waals surface area contributed by atoms with Crippen molar-refractivity contribution < 1.29 is 32.3 Å². The summed E-state index contributed by atoms with van der Waals surface area (Å²) in [7, 11) is 0. The van der Waals surface area contributed by atoms with Crippen LogP contribution in [0.2, 0.25) is 0 Å². The molecule has 0 aliphatic heterocycles. The molecule has 0 unspecified atom stereocenters. The van der Waals surface area contributed by atoms with Crippen LogP contribution in [0, 0.1) is 5.41 Å². The van der Waals surface area contributed by atoms with Gasteiger partial charge < -0.3 is 15.4 Å². The Labute approximate surface area is 218 Å². The molecule has 1 amide bonds. The minimum Gasteiger partial charge on any atom is -0.464 e. The molecule has 8 nitrogen and oxygen atoms in total. The Morgan fingerprint density at radius 3 is 2.45 bits per heavy atom. The summed E-state index contributed by atoms with van der Waals surface area (Å²) >= 11 is 0. The summed E-state index contributed by atoms with van der Waals surface area (Å²) in [5.74, 6) is -2.34. The van der Waals surface area contributed by atoms with Gasteiger partial charge in [-0.05, 0) is 43.5 Å². The number of nitrogens with one attached hydrogen (secondary N) is 2. The number of nitrogens with zero attached hydrogens (tertiary/aromatic N) is 2. The smallest absolute Gasteiger partial charge is 0.464 e. The summed E-state index contributed by atoms with van der Waals surface area (Å²) in [6, 6.07) is 7.61. The first kappa shape index (κ1) is 27.3. The number of Topliss-reactive ketones (excluding diaryl/α,β-unsaturated/α-hetero) is 1. The molecule has 1 heterocycles. The molecule has 0 bridgehead atoms. The van der Waals surface area contributed by atoms with Crippen LogP contribution >= 0.6 is 0 Å². The molecule has 38 heavy (non-hydrogen) atoms. The van der Waals surface area contributed by atoms with Crippen molar-refractivity contribution in [3.05, 3.63) is 48.3 Å². The van der Waals surface area contributed by atoms with E-state index in [0.717, 1.165) is 49.6 Å². The second-order valence-corrected chi connectivity index (χ2v) is 9.49. The molecule has 11 heteroatoms. The van der Waals surface area contributed by atoms with Gasteiger partial charge in [-0.15, -0.1) is 0 Å². The molecule has 2 aromatic rings. The second-order valence-electron chi connectivity index (χ2n) is 9.49.